The van der Waals surface area contributed by atoms with Gasteiger partial charge in [-0.3, -0.25) is 0 Å². The molecule has 0 aliphatic rings. The van der Waals surface area contributed by atoms with Gasteiger partial charge >= 0.3 is 0 Å². The molecule has 3 N–H and O–H groups in total. The maximum absolute atomic E-state index is 5.67. The molecule has 0 bridgehead atoms. The van der Waals surface area contributed by atoms with Crippen LogP contribution in [-0.4, -0.2) is 26.1 Å². The Bertz CT molecular complexity index is 410. The summed E-state index contributed by atoms with van der Waals surface area (Å²) in [4.78, 5) is 11.8. The van der Waals surface area contributed by atoms with E-state index in [1.54, 1.807) is 18.7 Å². The topological polar surface area (TPSA) is 81.6 Å². The molecule has 0 atom stereocenters. The van der Waals surface area contributed by atoms with E-state index in [2.05, 4.69) is 20.3 Å². The molecule has 0 radical (unpaired) electrons. The smallest absolute Gasteiger partial charge is 0.152 e. The molecule has 0 amide bonds. The number of nitrogens with zero attached hydrogens (tertiary/aromatic N) is 4. The lowest BCUT2D eigenvalue weighted by Gasteiger charge is -2.07. The molecule has 0 spiro atoms. The quantitative estimate of drug-likeness (QED) is 0.751. The Morgan fingerprint density at radius 3 is 3.07 bits per heavy atom. The lowest BCUT2D eigenvalue weighted by atomic mass is 10.4. The number of anilines is 2. The molecule has 78 valence electrons. The van der Waals surface area contributed by atoms with Crippen molar-refractivity contribution in [1.82, 2.24) is 19.5 Å². The summed E-state index contributed by atoms with van der Waals surface area (Å²) in [6.07, 6.45) is 8.47. The van der Waals surface area contributed by atoms with E-state index >= 15 is 0 Å². The minimum atomic E-state index is 0.558. The fourth-order valence-corrected chi connectivity index (χ4v) is 1.21. The highest BCUT2D eigenvalue weighted by Gasteiger charge is 1.98. The van der Waals surface area contributed by atoms with Crippen molar-refractivity contribution in [2.24, 2.45) is 0 Å². The van der Waals surface area contributed by atoms with E-state index in [9.17, 15) is 0 Å². The highest BCUT2D eigenvalue weighted by molar-refractivity contribution is 5.58. The molecular weight excluding hydrogens is 192 g/mol. The number of nitrogen functional groups attached to an aromatic ring is 1. The fourth-order valence-electron chi connectivity index (χ4n) is 1.21. The Balaban J connectivity index is 1.86. The first kappa shape index (κ1) is 9.45. The predicted octanol–water partition coefficient (Wildman–Crippen LogP) is 0.367. The minimum Gasteiger partial charge on any atom is -0.394 e. The number of hydrogen-bond acceptors (Lipinski definition) is 5. The molecule has 2 aromatic heterocycles. The third-order valence-electron chi connectivity index (χ3n) is 1.96. The lowest BCUT2D eigenvalue weighted by Crippen LogP contribution is -2.11. The normalized spacial score (nSPS) is 10.1. The van der Waals surface area contributed by atoms with Gasteiger partial charge in [0.05, 0.1) is 18.2 Å². The summed E-state index contributed by atoms with van der Waals surface area (Å²) in [5.74, 6) is 0.671. The van der Waals surface area contributed by atoms with E-state index in [1.807, 2.05) is 10.8 Å². The number of rotatable bonds is 4. The van der Waals surface area contributed by atoms with Crippen molar-refractivity contribution >= 4 is 11.5 Å². The molecule has 2 heterocycles. The maximum atomic E-state index is 5.67. The molecular formula is C9H12N6. The summed E-state index contributed by atoms with van der Waals surface area (Å²) in [7, 11) is 0. The highest BCUT2D eigenvalue weighted by Crippen LogP contribution is 2.10. The van der Waals surface area contributed by atoms with Crippen LogP contribution < -0.4 is 11.1 Å². The Morgan fingerprint density at radius 2 is 2.33 bits per heavy atom. The molecule has 0 aliphatic carbocycles. The van der Waals surface area contributed by atoms with E-state index in [0.717, 1.165) is 13.1 Å². The van der Waals surface area contributed by atoms with Gasteiger partial charge in [-0.05, 0) is 0 Å². The second kappa shape index (κ2) is 4.41. The summed E-state index contributed by atoms with van der Waals surface area (Å²) < 4.78 is 1.98. The van der Waals surface area contributed by atoms with Crippen molar-refractivity contribution in [3.63, 3.8) is 0 Å². The van der Waals surface area contributed by atoms with E-state index in [1.165, 1.54) is 6.33 Å². The molecule has 0 unspecified atom stereocenters. The Hall–Kier alpha value is -2.11. The predicted molar refractivity (Wildman–Crippen MR) is 57.2 cm³/mol. The number of nitrogens with one attached hydrogen (secondary N) is 1. The van der Waals surface area contributed by atoms with Crippen LogP contribution in [0.1, 0.15) is 0 Å². The van der Waals surface area contributed by atoms with E-state index < -0.39 is 0 Å². The Labute approximate surface area is 87.2 Å². The summed E-state index contributed by atoms with van der Waals surface area (Å²) in [6.45, 7) is 1.57. The Kier molecular flexibility index (Phi) is 2.77. The summed E-state index contributed by atoms with van der Waals surface area (Å²) >= 11 is 0. The van der Waals surface area contributed by atoms with Gasteiger partial charge in [0, 0.05) is 25.5 Å². The molecule has 6 heteroatoms. The summed E-state index contributed by atoms with van der Waals surface area (Å²) in [6, 6.07) is 0. The lowest BCUT2D eigenvalue weighted by molar-refractivity contribution is 0.725. The van der Waals surface area contributed by atoms with Gasteiger partial charge in [-0.1, -0.05) is 0 Å². The zero-order valence-electron chi connectivity index (χ0n) is 8.17. The third kappa shape index (κ3) is 2.43. The van der Waals surface area contributed by atoms with Gasteiger partial charge in [-0.15, -0.1) is 0 Å². The molecule has 0 aromatic carbocycles. The zero-order chi connectivity index (χ0) is 10.5. The molecule has 0 fully saturated rings. The average Bonchev–Trinajstić information content (AvgIpc) is 2.74. The molecule has 0 saturated heterocycles. The van der Waals surface area contributed by atoms with Gasteiger partial charge in [-0.25, -0.2) is 15.0 Å². The van der Waals surface area contributed by atoms with Crippen LogP contribution in [0.3, 0.4) is 0 Å². The zero-order valence-corrected chi connectivity index (χ0v) is 8.17. The third-order valence-corrected chi connectivity index (χ3v) is 1.96. The van der Waals surface area contributed by atoms with E-state index in [4.69, 9.17) is 5.73 Å². The molecule has 6 nitrogen and oxygen atoms in total. The fraction of sp³-hybridized carbons (Fsp3) is 0.222. The van der Waals surface area contributed by atoms with E-state index in [-0.39, 0.29) is 0 Å². The monoisotopic (exact) mass is 204 g/mol. The van der Waals surface area contributed by atoms with Crippen LogP contribution in [-0.2, 0) is 6.54 Å². The minimum absolute atomic E-state index is 0.558. The van der Waals surface area contributed by atoms with Crippen molar-refractivity contribution in [2.45, 2.75) is 6.54 Å². The van der Waals surface area contributed by atoms with Gasteiger partial charge in [0.25, 0.3) is 0 Å². The van der Waals surface area contributed by atoms with Crippen LogP contribution >= 0.6 is 0 Å². The molecule has 15 heavy (non-hydrogen) atoms. The number of nitrogens with two attached hydrogens (primary N) is 1. The van der Waals surface area contributed by atoms with Crippen LogP contribution in [0.5, 0.6) is 0 Å². The Morgan fingerprint density at radius 1 is 1.40 bits per heavy atom. The maximum Gasteiger partial charge on any atom is 0.152 e. The second-order valence-electron chi connectivity index (χ2n) is 3.05. The van der Waals surface area contributed by atoms with Crippen molar-refractivity contribution in [3.8, 4) is 0 Å². The first-order valence-corrected chi connectivity index (χ1v) is 4.61. The molecule has 0 saturated carbocycles. The highest BCUT2D eigenvalue weighted by atomic mass is 15.1. The van der Waals surface area contributed by atoms with Gasteiger partial charge in [-0.2, -0.15) is 0 Å². The van der Waals surface area contributed by atoms with Gasteiger partial charge < -0.3 is 15.6 Å². The van der Waals surface area contributed by atoms with Gasteiger partial charge in [0.1, 0.15) is 6.33 Å². The van der Waals surface area contributed by atoms with Crippen LogP contribution in [0, 0.1) is 0 Å². The standard InChI is InChI=1S/C9H12N6/c10-8-5-12-6-14-9(8)13-2-4-15-3-1-11-7-15/h1,3,5-7H,2,4,10H2,(H,12,13,14). The van der Waals surface area contributed by atoms with Crippen molar-refractivity contribution in [1.29, 1.82) is 0 Å². The van der Waals surface area contributed by atoms with Crippen LogP contribution in [0.25, 0.3) is 0 Å². The molecule has 2 aromatic rings. The molecule has 2 rings (SSSR count). The number of hydrogen-bond donors (Lipinski definition) is 2. The first-order chi connectivity index (χ1) is 7.36. The molecule has 0 aliphatic heterocycles. The SMILES string of the molecule is Nc1cncnc1NCCn1ccnc1. The second-order valence-corrected chi connectivity index (χ2v) is 3.05. The largest absolute Gasteiger partial charge is 0.394 e. The number of aromatic nitrogens is 4. The van der Waals surface area contributed by atoms with Crippen molar-refractivity contribution < 1.29 is 0 Å². The van der Waals surface area contributed by atoms with Crippen molar-refractivity contribution in [2.75, 3.05) is 17.6 Å². The van der Waals surface area contributed by atoms with Gasteiger partial charge in [0.2, 0.25) is 0 Å². The van der Waals surface area contributed by atoms with Gasteiger partial charge in [0.15, 0.2) is 5.82 Å². The van der Waals surface area contributed by atoms with E-state index in [0.29, 0.717) is 11.5 Å². The van der Waals surface area contributed by atoms with Crippen LogP contribution in [0.15, 0.2) is 31.2 Å². The van der Waals surface area contributed by atoms with Crippen LogP contribution in [0.4, 0.5) is 11.5 Å². The van der Waals surface area contributed by atoms with Crippen LogP contribution in [0.2, 0.25) is 0 Å². The average molecular weight is 204 g/mol. The first-order valence-electron chi connectivity index (χ1n) is 4.61. The summed E-state index contributed by atoms with van der Waals surface area (Å²) in [5.41, 5.74) is 6.23. The summed E-state index contributed by atoms with van der Waals surface area (Å²) in [5, 5.41) is 3.13. The number of imidazole rings is 1. The van der Waals surface area contributed by atoms with Crippen molar-refractivity contribution in [3.05, 3.63) is 31.2 Å².